The van der Waals surface area contributed by atoms with Gasteiger partial charge in [-0.25, -0.2) is 0 Å². The zero-order valence-corrected chi connectivity index (χ0v) is 12.8. The summed E-state index contributed by atoms with van der Waals surface area (Å²) in [6, 6.07) is 17.5. The van der Waals surface area contributed by atoms with Crippen LogP contribution in [0.2, 0.25) is 0 Å². The first kappa shape index (κ1) is 14.2. The highest BCUT2D eigenvalue weighted by Crippen LogP contribution is 2.31. The lowest BCUT2D eigenvalue weighted by atomic mass is 9.99. The molecule has 1 saturated carbocycles. The maximum absolute atomic E-state index is 5.91. The van der Waals surface area contributed by atoms with Crippen LogP contribution in [0.5, 0.6) is 5.75 Å². The fourth-order valence-electron chi connectivity index (χ4n) is 2.39. The molecule has 3 rings (SSSR count). The van der Waals surface area contributed by atoms with Crippen molar-refractivity contribution in [1.29, 1.82) is 0 Å². The number of hydrogen-bond acceptors (Lipinski definition) is 2. The molecule has 1 fully saturated rings. The van der Waals surface area contributed by atoms with E-state index in [0.29, 0.717) is 12.1 Å². The van der Waals surface area contributed by atoms with E-state index in [0.717, 1.165) is 12.3 Å². The Bertz CT molecular complexity index is 602. The molecule has 2 heteroatoms. The summed E-state index contributed by atoms with van der Waals surface area (Å²) in [5.41, 5.74) is 3.84. The Labute approximate surface area is 127 Å². The number of ether oxygens (including phenoxy) is 1. The number of benzene rings is 2. The van der Waals surface area contributed by atoms with Crippen LogP contribution in [0.15, 0.2) is 48.5 Å². The monoisotopic (exact) mass is 281 g/mol. The van der Waals surface area contributed by atoms with Gasteiger partial charge in [-0.05, 0) is 41.7 Å². The maximum atomic E-state index is 5.91. The van der Waals surface area contributed by atoms with Gasteiger partial charge in [-0.2, -0.15) is 0 Å². The molecular formula is C19H23NO. The lowest BCUT2D eigenvalue weighted by Gasteiger charge is -2.14. The lowest BCUT2D eigenvalue weighted by Crippen LogP contribution is -2.22. The molecule has 2 aromatic rings. The number of nitrogens with one attached hydrogen (secondary N) is 1. The van der Waals surface area contributed by atoms with Crippen molar-refractivity contribution >= 4 is 0 Å². The minimum atomic E-state index is 0.443. The Morgan fingerprint density at radius 2 is 1.90 bits per heavy atom. The summed E-state index contributed by atoms with van der Waals surface area (Å²) in [7, 11) is 0. The van der Waals surface area contributed by atoms with E-state index in [1.807, 2.05) is 0 Å². The summed E-state index contributed by atoms with van der Waals surface area (Å²) in [5.74, 6) is 0.988. The molecule has 0 aliphatic heterocycles. The van der Waals surface area contributed by atoms with Crippen LogP contribution in [0, 0.1) is 0 Å². The third-order valence-corrected chi connectivity index (χ3v) is 3.69. The first-order valence-corrected chi connectivity index (χ1v) is 7.81. The van der Waals surface area contributed by atoms with Crippen LogP contribution in [-0.2, 0) is 6.54 Å². The quantitative estimate of drug-likeness (QED) is 0.847. The number of rotatable bonds is 6. The Morgan fingerprint density at radius 1 is 1.10 bits per heavy atom. The normalized spacial score (nSPS) is 14.4. The lowest BCUT2D eigenvalue weighted by molar-refractivity contribution is 0.303. The summed E-state index contributed by atoms with van der Waals surface area (Å²) in [5, 5.41) is 3.50. The summed E-state index contributed by atoms with van der Waals surface area (Å²) in [6.07, 6.45) is 2.83. The second-order valence-electron chi connectivity index (χ2n) is 6.04. The zero-order valence-electron chi connectivity index (χ0n) is 12.8. The summed E-state index contributed by atoms with van der Waals surface area (Å²) in [6.45, 7) is 5.24. The minimum absolute atomic E-state index is 0.443. The van der Waals surface area contributed by atoms with Crippen molar-refractivity contribution in [3.63, 3.8) is 0 Å². The van der Waals surface area contributed by atoms with Crippen molar-refractivity contribution < 1.29 is 4.74 Å². The van der Waals surface area contributed by atoms with Crippen molar-refractivity contribution in [2.45, 2.75) is 45.4 Å². The van der Waals surface area contributed by atoms with E-state index >= 15 is 0 Å². The molecule has 110 valence electrons. The fourth-order valence-corrected chi connectivity index (χ4v) is 2.39. The second kappa shape index (κ2) is 6.31. The Hall–Kier alpha value is -1.80. The summed E-state index contributed by atoms with van der Waals surface area (Å²) in [4.78, 5) is 0. The molecule has 2 aromatic carbocycles. The van der Waals surface area contributed by atoms with E-state index in [2.05, 4.69) is 67.7 Å². The minimum Gasteiger partial charge on any atom is -0.490 e. The molecule has 0 bridgehead atoms. The molecule has 0 radical (unpaired) electrons. The molecule has 1 N–H and O–H groups in total. The van der Waals surface area contributed by atoms with Crippen molar-refractivity contribution in [3.8, 4) is 16.9 Å². The van der Waals surface area contributed by atoms with Gasteiger partial charge in [0.1, 0.15) is 5.75 Å². The van der Waals surface area contributed by atoms with Gasteiger partial charge in [0.05, 0.1) is 6.10 Å². The zero-order chi connectivity index (χ0) is 14.7. The Balaban J connectivity index is 1.84. The van der Waals surface area contributed by atoms with Crippen molar-refractivity contribution in [2.24, 2.45) is 0 Å². The van der Waals surface area contributed by atoms with Gasteiger partial charge >= 0.3 is 0 Å². The predicted molar refractivity (Wildman–Crippen MR) is 87.5 cm³/mol. The van der Waals surface area contributed by atoms with Crippen LogP contribution in [0.4, 0.5) is 0 Å². The Kier molecular flexibility index (Phi) is 4.26. The van der Waals surface area contributed by atoms with Crippen LogP contribution in [0.3, 0.4) is 0 Å². The summed E-state index contributed by atoms with van der Waals surface area (Å²) < 4.78 is 5.91. The van der Waals surface area contributed by atoms with Gasteiger partial charge in [0.2, 0.25) is 0 Å². The molecule has 0 heterocycles. The van der Waals surface area contributed by atoms with E-state index in [-0.39, 0.29) is 0 Å². The van der Waals surface area contributed by atoms with Gasteiger partial charge in [0, 0.05) is 12.6 Å². The van der Waals surface area contributed by atoms with E-state index in [1.54, 1.807) is 0 Å². The molecule has 0 atom stereocenters. The van der Waals surface area contributed by atoms with E-state index in [9.17, 15) is 0 Å². The van der Waals surface area contributed by atoms with Crippen LogP contribution in [0.1, 0.15) is 32.3 Å². The van der Waals surface area contributed by atoms with E-state index < -0.39 is 0 Å². The SMILES string of the molecule is CC(C)NCc1ccccc1-c1cccc(OC2CC2)c1. The van der Waals surface area contributed by atoms with Gasteiger partial charge in [-0.1, -0.05) is 50.2 Å². The third-order valence-electron chi connectivity index (χ3n) is 3.69. The highest BCUT2D eigenvalue weighted by molar-refractivity contribution is 5.68. The van der Waals surface area contributed by atoms with Gasteiger partial charge in [-0.3, -0.25) is 0 Å². The highest BCUT2D eigenvalue weighted by Gasteiger charge is 2.23. The molecule has 2 nitrogen and oxygen atoms in total. The van der Waals surface area contributed by atoms with E-state index in [4.69, 9.17) is 4.74 Å². The molecule has 0 amide bonds. The van der Waals surface area contributed by atoms with E-state index in [1.165, 1.54) is 29.5 Å². The molecule has 0 saturated heterocycles. The fraction of sp³-hybridized carbons (Fsp3) is 0.368. The standard InChI is InChI=1S/C19H23NO/c1-14(2)20-13-16-6-3-4-9-19(16)15-7-5-8-18(12-15)21-17-10-11-17/h3-9,12,14,17,20H,10-11,13H2,1-2H3. The molecule has 1 aliphatic carbocycles. The molecular weight excluding hydrogens is 258 g/mol. The highest BCUT2D eigenvalue weighted by atomic mass is 16.5. The summed E-state index contributed by atoms with van der Waals surface area (Å²) >= 11 is 0. The maximum Gasteiger partial charge on any atom is 0.120 e. The third kappa shape index (κ3) is 3.85. The van der Waals surface area contributed by atoms with Gasteiger partial charge in [0.25, 0.3) is 0 Å². The Morgan fingerprint density at radius 3 is 2.67 bits per heavy atom. The van der Waals surface area contributed by atoms with Crippen LogP contribution >= 0.6 is 0 Å². The predicted octanol–water partition coefficient (Wildman–Crippen LogP) is 4.39. The van der Waals surface area contributed by atoms with Gasteiger partial charge in [-0.15, -0.1) is 0 Å². The van der Waals surface area contributed by atoms with Crippen molar-refractivity contribution in [3.05, 3.63) is 54.1 Å². The van der Waals surface area contributed by atoms with Crippen molar-refractivity contribution in [1.82, 2.24) is 5.32 Å². The van der Waals surface area contributed by atoms with Crippen LogP contribution in [0.25, 0.3) is 11.1 Å². The van der Waals surface area contributed by atoms with Crippen LogP contribution in [-0.4, -0.2) is 12.1 Å². The molecule has 1 aliphatic rings. The average Bonchev–Trinajstić information content (AvgIpc) is 3.30. The molecule has 0 aromatic heterocycles. The molecule has 0 spiro atoms. The first-order valence-electron chi connectivity index (χ1n) is 7.81. The second-order valence-corrected chi connectivity index (χ2v) is 6.04. The first-order chi connectivity index (χ1) is 10.2. The average molecular weight is 281 g/mol. The number of hydrogen-bond donors (Lipinski definition) is 1. The topological polar surface area (TPSA) is 21.3 Å². The van der Waals surface area contributed by atoms with Gasteiger partial charge in [0.15, 0.2) is 0 Å². The van der Waals surface area contributed by atoms with Crippen LogP contribution < -0.4 is 10.1 Å². The largest absolute Gasteiger partial charge is 0.490 e. The molecule has 0 unspecified atom stereocenters. The smallest absolute Gasteiger partial charge is 0.120 e. The molecule has 21 heavy (non-hydrogen) atoms. The van der Waals surface area contributed by atoms with Gasteiger partial charge < -0.3 is 10.1 Å². The van der Waals surface area contributed by atoms with Crippen molar-refractivity contribution in [2.75, 3.05) is 0 Å².